The predicted octanol–water partition coefficient (Wildman–Crippen LogP) is 4.00. The molecule has 18 heavy (non-hydrogen) atoms. The standard InChI is InChI=1S/C16H33NO/c1-5-10-17-13-16(18-11-8-14(2)3)9-6-7-15(4)12-16/h14-15,17H,5-13H2,1-4H3. The number of hydrogen-bond donors (Lipinski definition) is 1. The molecule has 0 aliphatic heterocycles. The van der Waals surface area contributed by atoms with Crippen molar-refractivity contribution in [1.82, 2.24) is 5.32 Å². The third kappa shape index (κ3) is 5.71. The zero-order chi connectivity index (χ0) is 13.4. The Labute approximate surface area is 114 Å². The van der Waals surface area contributed by atoms with Crippen LogP contribution in [0, 0.1) is 11.8 Å². The zero-order valence-corrected chi connectivity index (χ0v) is 12.9. The summed E-state index contributed by atoms with van der Waals surface area (Å²) >= 11 is 0. The third-order valence-corrected chi connectivity index (χ3v) is 4.03. The van der Waals surface area contributed by atoms with Gasteiger partial charge < -0.3 is 10.1 Å². The Hall–Kier alpha value is -0.0800. The van der Waals surface area contributed by atoms with E-state index < -0.39 is 0 Å². The molecule has 2 heteroatoms. The molecule has 1 aliphatic rings. The van der Waals surface area contributed by atoms with Gasteiger partial charge in [0.2, 0.25) is 0 Å². The van der Waals surface area contributed by atoms with Gasteiger partial charge >= 0.3 is 0 Å². The van der Waals surface area contributed by atoms with E-state index in [-0.39, 0.29) is 5.60 Å². The van der Waals surface area contributed by atoms with Crippen LogP contribution in [0.4, 0.5) is 0 Å². The van der Waals surface area contributed by atoms with E-state index in [4.69, 9.17) is 4.74 Å². The van der Waals surface area contributed by atoms with E-state index in [0.29, 0.717) is 0 Å². The first-order valence-corrected chi connectivity index (χ1v) is 7.92. The van der Waals surface area contributed by atoms with Crippen molar-refractivity contribution < 1.29 is 4.74 Å². The van der Waals surface area contributed by atoms with E-state index in [2.05, 4.69) is 33.0 Å². The summed E-state index contributed by atoms with van der Waals surface area (Å²) in [6.45, 7) is 12.2. The number of rotatable bonds is 8. The van der Waals surface area contributed by atoms with E-state index in [1.807, 2.05) is 0 Å². The maximum Gasteiger partial charge on any atom is 0.0808 e. The Bertz CT molecular complexity index is 217. The highest BCUT2D eigenvalue weighted by Crippen LogP contribution is 2.35. The van der Waals surface area contributed by atoms with Crippen LogP contribution in [-0.2, 0) is 4.74 Å². The Balaban J connectivity index is 2.44. The molecule has 1 fully saturated rings. The van der Waals surface area contributed by atoms with E-state index in [0.717, 1.165) is 31.5 Å². The second-order valence-electron chi connectivity index (χ2n) is 6.59. The van der Waals surface area contributed by atoms with Crippen LogP contribution in [0.1, 0.15) is 66.2 Å². The quantitative estimate of drug-likeness (QED) is 0.662. The van der Waals surface area contributed by atoms with Crippen LogP contribution < -0.4 is 5.32 Å². The van der Waals surface area contributed by atoms with Crippen molar-refractivity contribution in [3.63, 3.8) is 0 Å². The lowest BCUT2D eigenvalue weighted by atomic mass is 9.78. The summed E-state index contributed by atoms with van der Waals surface area (Å²) < 4.78 is 6.34. The SMILES string of the molecule is CCCNCC1(OCCC(C)C)CCCC(C)C1. The first-order valence-electron chi connectivity index (χ1n) is 7.92. The lowest BCUT2D eigenvalue weighted by Crippen LogP contribution is -2.47. The highest BCUT2D eigenvalue weighted by atomic mass is 16.5. The fraction of sp³-hybridized carbons (Fsp3) is 1.00. The van der Waals surface area contributed by atoms with Gasteiger partial charge in [0.1, 0.15) is 0 Å². The van der Waals surface area contributed by atoms with Crippen molar-refractivity contribution in [3.05, 3.63) is 0 Å². The summed E-state index contributed by atoms with van der Waals surface area (Å²) in [7, 11) is 0. The molecule has 0 aromatic heterocycles. The van der Waals surface area contributed by atoms with E-state index >= 15 is 0 Å². The maximum absolute atomic E-state index is 6.34. The normalized spacial score (nSPS) is 28.8. The molecule has 2 nitrogen and oxygen atoms in total. The van der Waals surface area contributed by atoms with Gasteiger partial charge in [-0.25, -0.2) is 0 Å². The second-order valence-corrected chi connectivity index (χ2v) is 6.59. The Kier molecular flexibility index (Phi) is 7.25. The van der Waals surface area contributed by atoms with E-state index in [1.165, 1.54) is 38.5 Å². The van der Waals surface area contributed by atoms with Crippen molar-refractivity contribution >= 4 is 0 Å². The molecule has 0 aromatic carbocycles. The molecule has 2 unspecified atom stereocenters. The average Bonchev–Trinajstić information content (AvgIpc) is 2.29. The Morgan fingerprint density at radius 2 is 2.17 bits per heavy atom. The molecule has 1 N–H and O–H groups in total. The molecular formula is C16H33NO. The molecule has 2 atom stereocenters. The zero-order valence-electron chi connectivity index (χ0n) is 12.9. The Morgan fingerprint density at radius 3 is 2.78 bits per heavy atom. The molecule has 0 aromatic rings. The summed E-state index contributed by atoms with van der Waals surface area (Å²) in [6, 6.07) is 0. The summed E-state index contributed by atoms with van der Waals surface area (Å²) in [5.74, 6) is 1.56. The lowest BCUT2D eigenvalue weighted by Gasteiger charge is -2.40. The largest absolute Gasteiger partial charge is 0.374 e. The van der Waals surface area contributed by atoms with Gasteiger partial charge in [0, 0.05) is 13.2 Å². The summed E-state index contributed by atoms with van der Waals surface area (Å²) in [5.41, 5.74) is 0.127. The van der Waals surface area contributed by atoms with Crippen molar-refractivity contribution in [2.45, 2.75) is 71.8 Å². The highest BCUT2D eigenvalue weighted by molar-refractivity contribution is 4.89. The van der Waals surface area contributed by atoms with Gasteiger partial charge in [0.05, 0.1) is 5.60 Å². The molecular weight excluding hydrogens is 222 g/mol. The van der Waals surface area contributed by atoms with Crippen molar-refractivity contribution in [1.29, 1.82) is 0 Å². The summed E-state index contributed by atoms with van der Waals surface area (Å²) in [5, 5.41) is 3.58. The van der Waals surface area contributed by atoms with Gasteiger partial charge in [-0.1, -0.05) is 40.5 Å². The first kappa shape index (κ1) is 16.0. The molecule has 1 aliphatic carbocycles. The fourth-order valence-corrected chi connectivity index (χ4v) is 2.96. The lowest BCUT2D eigenvalue weighted by molar-refractivity contribution is -0.0821. The highest BCUT2D eigenvalue weighted by Gasteiger charge is 2.35. The van der Waals surface area contributed by atoms with Crippen LogP contribution in [0.25, 0.3) is 0 Å². The Morgan fingerprint density at radius 1 is 1.39 bits per heavy atom. The van der Waals surface area contributed by atoms with Gasteiger partial charge in [0.25, 0.3) is 0 Å². The maximum atomic E-state index is 6.34. The molecule has 0 bridgehead atoms. The van der Waals surface area contributed by atoms with Crippen LogP contribution in [0.15, 0.2) is 0 Å². The minimum absolute atomic E-state index is 0.127. The van der Waals surface area contributed by atoms with Gasteiger partial charge in [-0.05, 0) is 44.1 Å². The average molecular weight is 255 g/mol. The van der Waals surface area contributed by atoms with E-state index in [9.17, 15) is 0 Å². The monoisotopic (exact) mass is 255 g/mol. The molecule has 0 heterocycles. The van der Waals surface area contributed by atoms with Gasteiger partial charge in [-0.2, -0.15) is 0 Å². The summed E-state index contributed by atoms with van der Waals surface area (Å²) in [6.07, 6.45) is 7.58. The van der Waals surface area contributed by atoms with Crippen LogP contribution in [0.2, 0.25) is 0 Å². The van der Waals surface area contributed by atoms with Crippen molar-refractivity contribution in [2.75, 3.05) is 19.7 Å². The van der Waals surface area contributed by atoms with Gasteiger partial charge in [0.15, 0.2) is 0 Å². The number of ether oxygens (including phenoxy) is 1. The molecule has 0 saturated heterocycles. The van der Waals surface area contributed by atoms with Crippen LogP contribution in [-0.4, -0.2) is 25.3 Å². The summed E-state index contributed by atoms with van der Waals surface area (Å²) in [4.78, 5) is 0. The van der Waals surface area contributed by atoms with Crippen LogP contribution in [0.3, 0.4) is 0 Å². The van der Waals surface area contributed by atoms with Crippen LogP contribution >= 0.6 is 0 Å². The topological polar surface area (TPSA) is 21.3 Å². The predicted molar refractivity (Wildman–Crippen MR) is 78.9 cm³/mol. The van der Waals surface area contributed by atoms with E-state index in [1.54, 1.807) is 0 Å². The molecule has 1 saturated carbocycles. The number of nitrogens with one attached hydrogen (secondary N) is 1. The molecule has 0 radical (unpaired) electrons. The number of hydrogen-bond acceptors (Lipinski definition) is 2. The molecule has 0 amide bonds. The van der Waals surface area contributed by atoms with Crippen molar-refractivity contribution in [2.24, 2.45) is 11.8 Å². The van der Waals surface area contributed by atoms with Crippen LogP contribution in [0.5, 0.6) is 0 Å². The molecule has 1 rings (SSSR count). The third-order valence-electron chi connectivity index (χ3n) is 4.03. The molecule has 108 valence electrons. The first-order chi connectivity index (χ1) is 8.58. The fourth-order valence-electron chi connectivity index (χ4n) is 2.96. The van der Waals surface area contributed by atoms with Gasteiger partial charge in [-0.15, -0.1) is 0 Å². The van der Waals surface area contributed by atoms with Crippen molar-refractivity contribution in [3.8, 4) is 0 Å². The van der Waals surface area contributed by atoms with Gasteiger partial charge in [-0.3, -0.25) is 0 Å². The second kappa shape index (κ2) is 8.16. The smallest absolute Gasteiger partial charge is 0.0808 e. The minimum Gasteiger partial charge on any atom is -0.374 e. The minimum atomic E-state index is 0.127. The molecule has 0 spiro atoms.